The average molecular weight is 302 g/mol. The number of aromatic nitrogens is 3. The SMILES string of the molecule is CC(C)CN1CCc2nc3cc(C(C)(C)C)[nH]n3c(=O)c2C1. The van der Waals surface area contributed by atoms with Gasteiger partial charge in [-0.15, -0.1) is 0 Å². The fourth-order valence-electron chi connectivity index (χ4n) is 3.09. The molecule has 120 valence electrons. The van der Waals surface area contributed by atoms with Gasteiger partial charge in [0.2, 0.25) is 0 Å². The molecule has 0 spiro atoms. The molecule has 5 nitrogen and oxygen atoms in total. The lowest BCUT2D eigenvalue weighted by atomic mass is 9.93. The lowest BCUT2D eigenvalue weighted by Crippen LogP contribution is -2.38. The van der Waals surface area contributed by atoms with Crippen molar-refractivity contribution in [3.05, 3.63) is 33.4 Å². The molecule has 2 aromatic heterocycles. The minimum Gasteiger partial charge on any atom is -0.298 e. The monoisotopic (exact) mass is 302 g/mol. The Morgan fingerprint density at radius 2 is 2.09 bits per heavy atom. The maximum absolute atomic E-state index is 12.8. The van der Waals surface area contributed by atoms with E-state index >= 15 is 0 Å². The number of rotatable bonds is 2. The number of fused-ring (bicyclic) bond motifs is 2. The summed E-state index contributed by atoms with van der Waals surface area (Å²) in [7, 11) is 0. The van der Waals surface area contributed by atoms with Crippen molar-refractivity contribution >= 4 is 5.65 Å². The molecule has 3 heterocycles. The largest absolute Gasteiger partial charge is 0.298 e. The Balaban J connectivity index is 2.05. The number of hydrogen-bond acceptors (Lipinski definition) is 3. The van der Waals surface area contributed by atoms with Gasteiger partial charge in [-0.3, -0.25) is 14.8 Å². The molecule has 0 saturated heterocycles. The fourth-order valence-corrected chi connectivity index (χ4v) is 3.09. The summed E-state index contributed by atoms with van der Waals surface area (Å²) in [6.45, 7) is 13.6. The summed E-state index contributed by atoms with van der Waals surface area (Å²) in [5, 5.41) is 3.23. The van der Waals surface area contributed by atoms with E-state index < -0.39 is 0 Å². The van der Waals surface area contributed by atoms with Crippen molar-refractivity contribution in [3.8, 4) is 0 Å². The lowest BCUT2D eigenvalue weighted by molar-refractivity contribution is 0.223. The molecule has 0 bridgehead atoms. The maximum Gasteiger partial charge on any atom is 0.277 e. The number of nitrogens with one attached hydrogen (secondary N) is 1. The molecule has 0 amide bonds. The molecule has 22 heavy (non-hydrogen) atoms. The third-order valence-electron chi connectivity index (χ3n) is 4.27. The molecule has 5 heteroatoms. The van der Waals surface area contributed by atoms with Crippen LogP contribution in [0.2, 0.25) is 0 Å². The van der Waals surface area contributed by atoms with Gasteiger partial charge >= 0.3 is 0 Å². The molecule has 1 aliphatic heterocycles. The van der Waals surface area contributed by atoms with Gasteiger partial charge < -0.3 is 0 Å². The number of hydrogen-bond donors (Lipinski definition) is 1. The summed E-state index contributed by atoms with van der Waals surface area (Å²) in [4.78, 5) is 19.9. The summed E-state index contributed by atoms with van der Waals surface area (Å²) in [6.07, 6.45) is 0.865. The zero-order valence-electron chi connectivity index (χ0n) is 14.2. The smallest absolute Gasteiger partial charge is 0.277 e. The van der Waals surface area contributed by atoms with Crippen LogP contribution in [0.25, 0.3) is 5.65 Å². The highest BCUT2D eigenvalue weighted by Crippen LogP contribution is 2.22. The summed E-state index contributed by atoms with van der Waals surface area (Å²) >= 11 is 0. The molecular weight excluding hydrogens is 276 g/mol. The van der Waals surface area contributed by atoms with Gasteiger partial charge in [-0.2, -0.15) is 0 Å². The first-order chi connectivity index (χ1) is 10.3. The van der Waals surface area contributed by atoms with Crippen molar-refractivity contribution in [3.63, 3.8) is 0 Å². The van der Waals surface area contributed by atoms with Crippen molar-refractivity contribution in [2.75, 3.05) is 13.1 Å². The summed E-state index contributed by atoms with van der Waals surface area (Å²) in [5.41, 5.74) is 3.65. The molecule has 3 rings (SSSR count). The Labute approximate surface area is 131 Å². The second-order valence-corrected chi connectivity index (χ2v) is 7.83. The first-order valence-electron chi connectivity index (χ1n) is 8.12. The molecule has 0 radical (unpaired) electrons. The maximum atomic E-state index is 12.8. The van der Waals surface area contributed by atoms with Crippen LogP contribution in [-0.4, -0.2) is 32.6 Å². The van der Waals surface area contributed by atoms with Gasteiger partial charge in [0.15, 0.2) is 5.65 Å². The van der Waals surface area contributed by atoms with Crippen LogP contribution in [0.15, 0.2) is 10.9 Å². The molecule has 2 aromatic rings. The van der Waals surface area contributed by atoms with Crippen LogP contribution in [0.1, 0.15) is 51.6 Å². The molecule has 0 saturated carbocycles. The Morgan fingerprint density at radius 1 is 1.36 bits per heavy atom. The van der Waals surface area contributed by atoms with Gasteiger partial charge in [0.25, 0.3) is 5.56 Å². The van der Waals surface area contributed by atoms with Gasteiger partial charge in [-0.25, -0.2) is 9.50 Å². The van der Waals surface area contributed by atoms with Crippen molar-refractivity contribution in [1.29, 1.82) is 0 Å². The van der Waals surface area contributed by atoms with E-state index in [9.17, 15) is 4.79 Å². The van der Waals surface area contributed by atoms with E-state index in [1.54, 1.807) is 4.52 Å². The third-order valence-corrected chi connectivity index (χ3v) is 4.27. The van der Waals surface area contributed by atoms with Crippen LogP contribution in [0.5, 0.6) is 0 Å². The van der Waals surface area contributed by atoms with E-state index in [1.807, 2.05) is 6.07 Å². The van der Waals surface area contributed by atoms with Gasteiger partial charge in [-0.05, 0) is 5.92 Å². The predicted molar refractivity (Wildman–Crippen MR) is 88.3 cm³/mol. The highest BCUT2D eigenvalue weighted by molar-refractivity contribution is 5.43. The molecule has 0 aromatic carbocycles. The van der Waals surface area contributed by atoms with Crippen LogP contribution in [-0.2, 0) is 18.4 Å². The van der Waals surface area contributed by atoms with Crippen LogP contribution < -0.4 is 5.56 Å². The minimum atomic E-state index is -0.0235. The zero-order valence-corrected chi connectivity index (χ0v) is 14.2. The molecule has 0 aliphatic carbocycles. The Kier molecular flexibility index (Phi) is 3.63. The lowest BCUT2D eigenvalue weighted by Gasteiger charge is -2.28. The normalized spacial score (nSPS) is 16.5. The minimum absolute atomic E-state index is 0.0235. The second kappa shape index (κ2) is 5.23. The second-order valence-electron chi connectivity index (χ2n) is 7.83. The van der Waals surface area contributed by atoms with E-state index in [2.05, 4.69) is 44.6 Å². The molecule has 0 fully saturated rings. The fraction of sp³-hybridized carbons (Fsp3) is 0.647. The topological polar surface area (TPSA) is 53.4 Å². The first kappa shape index (κ1) is 15.3. The van der Waals surface area contributed by atoms with Gasteiger partial charge in [-0.1, -0.05) is 34.6 Å². The van der Waals surface area contributed by atoms with Gasteiger partial charge in [0.1, 0.15) is 0 Å². The molecule has 0 atom stereocenters. The van der Waals surface area contributed by atoms with Gasteiger partial charge in [0.05, 0.1) is 11.3 Å². The van der Waals surface area contributed by atoms with Crippen LogP contribution in [0.4, 0.5) is 0 Å². The Bertz CT molecular complexity index is 748. The predicted octanol–water partition coefficient (Wildman–Crippen LogP) is 2.33. The summed E-state index contributed by atoms with van der Waals surface area (Å²) in [5.74, 6) is 0.610. The van der Waals surface area contributed by atoms with E-state index in [0.29, 0.717) is 12.5 Å². The first-order valence-corrected chi connectivity index (χ1v) is 8.12. The van der Waals surface area contributed by atoms with E-state index in [-0.39, 0.29) is 11.0 Å². The molecule has 1 N–H and O–H groups in total. The Hall–Kier alpha value is -1.62. The van der Waals surface area contributed by atoms with Crippen molar-refractivity contribution in [1.82, 2.24) is 19.5 Å². The van der Waals surface area contributed by atoms with Crippen LogP contribution >= 0.6 is 0 Å². The van der Waals surface area contributed by atoms with E-state index in [1.165, 1.54) is 0 Å². The van der Waals surface area contributed by atoms with E-state index in [4.69, 9.17) is 4.98 Å². The van der Waals surface area contributed by atoms with Crippen molar-refractivity contribution in [2.45, 2.75) is 53.0 Å². The quantitative estimate of drug-likeness (QED) is 0.926. The number of H-pyrrole nitrogens is 1. The van der Waals surface area contributed by atoms with Crippen molar-refractivity contribution in [2.24, 2.45) is 5.92 Å². The summed E-state index contributed by atoms with van der Waals surface area (Å²) in [6, 6.07) is 2.00. The molecule has 1 aliphatic rings. The summed E-state index contributed by atoms with van der Waals surface area (Å²) < 4.78 is 1.61. The average Bonchev–Trinajstić information content (AvgIpc) is 2.83. The molecular formula is C17H26N4O. The highest BCUT2D eigenvalue weighted by Gasteiger charge is 2.24. The highest BCUT2D eigenvalue weighted by atomic mass is 16.1. The Morgan fingerprint density at radius 3 is 2.73 bits per heavy atom. The van der Waals surface area contributed by atoms with Crippen LogP contribution in [0, 0.1) is 5.92 Å². The zero-order chi connectivity index (χ0) is 16.1. The van der Waals surface area contributed by atoms with Crippen LogP contribution in [0.3, 0.4) is 0 Å². The van der Waals surface area contributed by atoms with Gasteiger partial charge in [0, 0.05) is 43.2 Å². The van der Waals surface area contributed by atoms with Crippen molar-refractivity contribution < 1.29 is 0 Å². The third kappa shape index (κ3) is 2.70. The number of nitrogens with zero attached hydrogens (tertiary/aromatic N) is 3. The standard InChI is InChI=1S/C17H26N4O/c1-11(2)9-20-7-6-13-12(10-20)16(22)21-15(18-13)8-14(19-21)17(3,4)5/h8,11,19H,6-7,9-10H2,1-5H3. The molecule has 0 unspecified atom stereocenters. The number of aromatic amines is 1. The van der Waals surface area contributed by atoms with E-state index in [0.717, 1.165) is 42.1 Å².